The minimum Gasteiger partial charge on any atom is -0.383 e. The number of pyridine rings is 1. The highest BCUT2D eigenvalue weighted by Gasteiger charge is 2.56. The Morgan fingerprint density at radius 1 is 1.07 bits per heavy atom. The Morgan fingerprint density at radius 3 is 2.54 bits per heavy atom. The molecule has 1 aliphatic carbocycles. The van der Waals surface area contributed by atoms with E-state index in [4.69, 9.17) is 5.73 Å². The SMILES string of the molecule is Cc1cc(C(F)(F)F)cc2c3c(N)ncnc3n(CC(=O)N3[C@@H]4C[C@@H]4C[C@H]3C(=O)Nc3cccc(C(F)(F)F)n3)c12. The van der Waals surface area contributed by atoms with E-state index in [0.29, 0.717) is 18.4 Å². The molecule has 3 N–H and O–H groups in total. The summed E-state index contributed by atoms with van der Waals surface area (Å²) in [5.41, 5.74) is 4.67. The number of aromatic nitrogens is 4. The van der Waals surface area contributed by atoms with Crippen molar-refractivity contribution in [2.24, 2.45) is 5.92 Å². The smallest absolute Gasteiger partial charge is 0.383 e. The van der Waals surface area contributed by atoms with Crippen LogP contribution in [0.1, 0.15) is 29.7 Å². The average Bonchev–Trinajstić information content (AvgIpc) is 3.42. The van der Waals surface area contributed by atoms with Crippen molar-refractivity contribution in [2.45, 2.75) is 50.7 Å². The van der Waals surface area contributed by atoms with Gasteiger partial charge < -0.3 is 20.5 Å². The fourth-order valence-corrected chi connectivity index (χ4v) is 5.74. The first-order valence-corrected chi connectivity index (χ1v) is 12.5. The van der Waals surface area contributed by atoms with Crippen LogP contribution in [0.5, 0.6) is 0 Å². The molecule has 9 nitrogen and oxygen atoms in total. The van der Waals surface area contributed by atoms with Crippen molar-refractivity contribution < 1.29 is 35.9 Å². The number of aryl methyl sites for hydroxylation is 1. The monoisotopic (exact) mass is 577 g/mol. The molecule has 15 heteroatoms. The number of nitrogens with one attached hydrogen (secondary N) is 1. The summed E-state index contributed by atoms with van der Waals surface area (Å²) in [7, 11) is 0. The Hall–Kier alpha value is -4.43. The van der Waals surface area contributed by atoms with Gasteiger partial charge in [-0.2, -0.15) is 26.3 Å². The lowest BCUT2D eigenvalue weighted by atomic mass is 10.1. The number of piperidine rings is 1. The molecule has 4 aromatic rings. The van der Waals surface area contributed by atoms with E-state index < -0.39 is 41.5 Å². The molecule has 1 saturated carbocycles. The number of nitrogen functional groups attached to an aromatic ring is 1. The molecule has 4 heterocycles. The van der Waals surface area contributed by atoms with Gasteiger partial charge in [0, 0.05) is 11.4 Å². The first-order chi connectivity index (χ1) is 19.2. The summed E-state index contributed by atoms with van der Waals surface area (Å²) in [5.74, 6) is -1.49. The number of fused-ring (bicyclic) bond motifs is 4. The van der Waals surface area contributed by atoms with Gasteiger partial charge in [-0.05, 0) is 55.5 Å². The highest BCUT2D eigenvalue weighted by atomic mass is 19.4. The highest BCUT2D eigenvalue weighted by molar-refractivity contribution is 6.13. The van der Waals surface area contributed by atoms with Crippen molar-refractivity contribution in [2.75, 3.05) is 11.1 Å². The molecule has 0 unspecified atom stereocenters. The third-order valence-corrected chi connectivity index (χ3v) is 7.56. The molecular formula is C26H21F6N7O2. The Morgan fingerprint density at radius 2 is 1.83 bits per heavy atom. The van der Waals surface area contributed by atoms with Gasteiger partial charge in [-0.3, -0.25) is 9.59 Å². The van der Waals surface area contributed by atoms with E-state index in [1.165, 1.54) is 22.5 Å². The molecule has 0 bridgehead atoms. The van der Waals surface area contributed by atoms with Gasteiger partial charge in [0.1, 0.15) is 41.9 Å². The van der Waals surface area contributed by atoms with E-state index in [-0.39, 0.29) is 52.1 Å². The lowest BCUT2D eigenvalue weighted by molar-refractivity contribution is -0.141. The number of rotatable bonds is 4. The Labute approximate surface area is 227 Å². The molecular weight excluding hydrogens is 556 g/mol. The van der Waals surface area contributed by atoms with Gasteiger partial charge in [0.05, 0.1) is 16.5 Å². The Kier molecular flexibility index (Phi) is 5.90. The predicted octanol–water partition coefficient (Wildman–Crippen LogP) is 4.54. The zero-order valence-corrected chi connectivity index (χ0v) is 21.2. The predicted molar refractivity (Wildman–Crippen MR) is 134 cm³/mol. The fourth-order valence-electron chi connectivity index (χ4n) is 5.74. The van der Waals surface area contributed by atoms with E-state index >= 15 is 0 Å². The third kappa shape index (κ3) is 4.58. The van der Waals surface area contributed by atoms with Crippen molar-refractivity contribution in [1.82, 2.24) is 24.4 Å². The normalized spacial score (nSPS) is 20.5. The van der Waals surface area contributed by atoms with Crippen LogP contribution in [0, 0.1) is 12.8 Å². The number of nitrogens with two attached hydrogens (primary N) is 1. The van der Waals surface area contributed by atoms with Crippen LogP contribution in [0.15, 0.2) is 36.7 Å². The summed E-state index contributed by atoms with van der Waals surface area (Å²) >= 11 is 0. The molecule has 0 radical (unpaired) electrons. The molecule has 2 fully saturated rings. The van der Waals surface area contributed by atoms with Crippen LogP contribution in [-0.2, 0) is 28.5 Å². The topological polar surface area (TPSA) is 119 Å². The molecule has 1 aromatic carbocycles. The summed E-state index contributed by atoms with van der Waals surface area (Å²) in [6, 6.07) is 3.82. The number of hydrogen-bond donors (Lipinski definition) is 2. The van der Waals surface area contributed by atoms with Crippen LogP contribution in [0.4, 0.5) is 38.0 Å². The van der Waals surface area contributed by atoms with Crippen LogP contribution >= 0.6 is 0 Å². The molecule has 3 atom stereocenters. The fraction of sp³-hybridized carbons (Fsp3) is 0.346. The number of carbonyl (C=O) groups excluding carboxylic acids is 2. The zero-order valence-electron chi connectivity index (χ0n) is 21.2. The minimum absolute atomic E-state index is 0.0522. The maximum absolute atomic E-state index is 13.7. The van der Waals surface area contributed by atoms with Crippen LogP contribution in [0.3, 0.4) is 0 Å². The summed E-state index contributed by atoms with van der Waals surface area (Å²) in [5, 5.41) is 2.68. The van der Waals surface area contributed by atoms with Crippen LogP contribution in [-0.4, -0.2) is 48.3 Å². The number of hydrogen-bond acceptors (Lipinski definition) is 6. The van der Waals surface area contributed by atoms with Gasteiger partial charge in [-0.15, -0.1) is 0 Å². The number of benzene rings is 1. The first-order valence-electron chi connectivity index (χ1n) is 12.5. The minimum atomic E-state index is -4.70. The van der Waals surface area contributed by atoms with Crippen molar-refractivity contribution in [3.8, 4) is 0 Å². The maximum Gasteiger partial charge on any atom is 0.433 e. The number of amides is 2. The molecule has 214 valence electrons. The quantitative estimate of drug-likeness (QED) is 0.344. The lowest BCUT2D eigenvalue weighted by Crippen LogP contribution is -2.46. The molecule has 6 rings (SSSR count). The molecule has 41 heavy (non-hydrogen) atoms. The van der Waals surface area contributed by atoms with E-state index in [1.807, 2.05) is 0 Å². The highest BCUT2D eigenvalue weighted by Crippen LogP contribution is 2.48. The number of halogens is 6. The van der Waals surface area contributed by atoms with E-state index in [2.05, 4.69) is 20.3 Å². The van der Waals surface area contributed by atoms with Gasteiger partial charge in [0.15, 0.2) is 0 Å². The molecule has 2 aliphatic rings. The van der Waals surface area contributed by atoms with Gasteiger partial charge in [0.2, 0.25) is 11.8 Å². The van der Waals surface area contributed by atoms with Gasteiger partial charge in [0.25, 0.3) is 0 Å². The number of likely N-dealkylation sites (tertiary alicyclic amines) is 1. The molecule has 1 aliphatic heterocycles. The Bertz CT molecular complexity index is 1730. The van der Waals surface area contributed by atoms with Gasteiger partial charge >= 0.3 is 12.4 Å². The molecule has 1 saturated heterocycles. The zero-order chi connectivity index (χ0) is 29.4. The largest absolute Gasteiger partial charge is 0.433 e. The van der Waals surface area contributed by atoms with Gasteiger partial charge in [-0.1, -0.05) is 6.07 Å². The van der Waals surface area contributed by atoms with E-state index in [1.54, 1.807) is 0 Å². The summed E-state index contributed by atoms with van der Waals surface area (Å²) in [4.78, 5) is 39.8. The van der Waals surface area contributed by atoms with Crippen molar-refractivity contribution in [3.63, 3.8) is 0 Å². The van der Waals surface area contributed by atoms with E-state index in [0.717, 1.165) is 30.6 Å². The van der Waals surface area contributed by atoms with Crippen LogP contribution in [0.25, 0.3) is 21.9 Å². The van der Waals surface area contributed by atoms with Crippen molar-refractivity contribution >= 4 is 45.4 Å². The standard InChI is InChI=1S/C26H21F6N7O2/c1-11-5-13(25(27,28)29)8-14-20-22(33)34-10-35-23(20)38(21(11)14)9-19(40)39-15-6-12(15)7-16(39)24(41)37-18-4-2-3-17(36-18)26(30,31)32/h2-5,8,10,12,15-16H,6-7,9H2,1H3,(H2,33,34,35)(H,36,37,41)/t12-,15-,16+/m1/s1. The van der Waals surface area contributed by atoms with Crippen LogP contribution < -0.4 is 11.1 Å². The first kappa shape index (κ1) is 26.8. The second-order valence-electron chi connectivity index (χ2n) is 10.2. The van der Waals surface area contributed by atoms with Gasteiger partial charge in [-0.25, -0.2) is 15.0 Å². The maximum atomic E-state index is 13.7. The number of alkyl halides is 6. The lowest BCUT2D eigenvalue weighted by Gasteiger charge is -2.27. The summed E-state index contributed by atoms with van der Waals surface area (Å²) in [6.45, 7) is 1.11. The van der Waals surface area contributed by atoms with Crippen molar-refractivity contribution in [1.29, 1.82) is 0 Å². The number of nitrogens with zero attached hydrogens (tertiary/aromatic N) is 5. The summed E-state index contributed by atoms with van der Waals surface area (Å²) < 4.78 is 81.4. The third-order valence-electron chi connectivity index (χ3n) is 7.56. The molecule has 0 spiro atoms. The molecule has 3 aromatic heterocycles. The number of carbonyl (C=O) groups is 2. The van der Waals surface area contributed by atoms with Crippen molar-refractivity contribution in [3.05, 3.63) is 53.5 Å². The summed E-state index contributed by atoms with van der Waals surface area (Å²) in [6.07, 6.45) is -7.21. The van der Waals surface area contributed by atoms with E-state index in [9.17, 15) is 35.9 Å². The second kappa shape index (κ2) is 9.04. The number of anilines is 2. The Balaban J connectivity index is 1.34. The molecule has 2 amide bonds. The second-order valence-corrected chi connectivity index (χ2v) is 10.2. The average molecular weight is 577 g/mol. The van der Waals surface area contributed by atoms with Crippen LogP contribution in [0.2, 0.25) is 0 Å².